The number of nitrogens with two attached hydrogens (primary N) is 1. The van der Waals surface area contributed by atoms with Crippen LogP contribution in [0.2, 0.25) is 0 Å². The number of fused-ring (bicyclic) bond motifs is 3. The van der Waals surface area contributed by atoms with Gasteiger partial charge in [0.05, 0.1) is 40.8 Å². The number of carbonyl (C=O) groups excluding carboxylic acids is 1. The Kier molecular flexibility index (Phi) is 7.01. The molecular weight excluding hydrogens is 578 g/mol. The molecule has 2 unspecified atom stereocenters. The zero-order valence-electron chi connectivity index (χ0n) is 23.7. The Balaban J connectivity index is 1.09. The van der Waals surface area contributed by atoms with Crippen molar-refractivity contribution in [3.8, 4) is 0 Å². The standard InChI is InChI=1S/C31H31N9O3S/c32-30-37-28(25-17-33-39-29(25)38-30)34-22-16-20-7-2-4-11-27(20)40(18-22)44(42,43)23-14-12-21(13-15-23)35-31(41)36-26-10-5-8-19-6-1-3-9-24(19)26/h1-4,6-7,9,11-15,17,22,26H,5,8,10,16,18H2,(H2,35,36,41)(H4,32,33,34,37,38,39). The molecule has 44 heavy (non-hydrogen) atoms. The fraction of sp³-hybridized carbons (Fsp3) is 0.226. The lowest BCUT2D eigenvalue weighted by Crippen LogP contribution is -2.45. The van der Waals surface area contributed by atoms with E-state index in [1.54, 1.807) is 18.3 Å². The monoisotopic (exact) mass is 609 g/mol. The lowest BCUT2D eigenvalue weighted by atomic mass is 9.88. The number of hydrogen-bond donors (Lipinski definition) is 5. The highest BCUT2D eigenvalue weighted by Gasteiger charge is 2.34. The number of amides is 2. The van der Waals surface area contributed by atoms with Gasteiger partial charge in [-0.25, -0.2) is 13.2 Å². The summed E-state index contributed by atoms with van der Waals surface area (Å²) in [6, 6.07) is 21.1. The molecule has 0 radical (unpaired) electrons. The van der Waals surface area contributed by atoms with Gasteiger partial charge in [0, 0.05) is 5.69 Å². The molecule has 2 atom stereocenters. The average Bonchev–Trinajstić information content (AvgIpc) is 3.50. The van der Waals surface area contributed by atoms with E-state index in [9.17, 15) is 13.2 Å². The van der Waals surface area contributed by atoms with Gasteiger partial charge in [-0.2, -0.15) is 15.1 Å². The fourth-order valence-corrected chi connectivity index (χ4v) is 7.65. The second-order valence-corrected chi connectivity index (χ2v) is 12.9. The van der Waals surface area contributed by atoms with E-state index in [0.29, 0.717) is 34.6 Å². The maximum Gasteiger partial charge on any atom is 0.319 e. The van der Waals surface area contributed by atoms with Crippen molar-refractivity contribution in [1.29, 1.82) is 0 Å². The van der Waals surface area contributed by atoms with Gasteiger partial charge in [-0.3, -0.25) is 9.40 Å². The molecule has 3 heterocycles. The van der Waals surface area contributed by atoms with Crippen LogP contribution >= 0.6 is 0 Å². The number of hydrogen-bond acceptors (Lipinski definition) is 8. The van der Waals surface area contributed by atoms with Crippen LogP contribution in [0, 0.1) is 0 Å². The Labute approximate surface area is 254 Å². The zero-order valence-corrected chi connectivity index (χ0v) is 24.5. The summed E-state index contributed by atoms with van der Waals surface area (Å²) in [5, 5.41) is 16.8. The summed E-state index contributed by atoms with van der Waals surface area (Å²) >= 11 is 0. The molecule has 0 bridgehead atoms. The number of nitrogens with one attached hydrogen (secondary N) is 4. The van der Waals surface area contributed by atoms with Crippen molar-refractivity contribution in [2.45, 2.75) is 42.7 Å². The molecule has 0 saturated carbocycles. The molecule has 0 saturated heterocycles. The summed E-state index contributed by atoms with van der Waals surface area (Å²) in [5.74, 6) is 0.560. The Bertz CT molecular complexity index is 1960. The maximum absolute atomic E-state index is 14.0. The SMILES string of the molecule is Nc1nc(NC2Cc3ccccc3N(S(=O)(=O)c3ccc(NC(=O)NC4CCCc5ccccc54)cc3)C2)c2cn[nH]c2n1. The third-order valence-electron chi connectivity index (χ3n) is 8.16. The maximum atomic E-state index is 14.0. The molecule has 1 aliphatic heterocycles. The minimum atomic E-state index is -3.95. The molecule has 0 fully saturated rings. The van der Waals surface area contributed by atoms with Crippen LogP contribution in [0.1, 0.15) is 35.6 Å². The van der Waals surface area contributed by atoms with Gasteiger partial charge in [0.25, 0.3) is 10.0 Å². The normalized spacial score (nSPS) is 17.9. The predicted octanol–water partition coefficient (Wildman–Crippen LogP) is 4.37. The second-order valence-electron chi connectivity index (χ2n) is 11.0. The number of carbonyl (C=O) groups is 1. The first kappa shape index (κ1) is 27.7. The van der Waals surface area contributed by atoms with Gasteiger partial charge in [-0.05, 0) is 72.7 Å². The highest BCUT2D eigenvalue weighted by Crippen LogP contribution is 2.34. The number of nitrogens with zero attached hydrogens (tertiary/aromatic N) is 4. The van der Waals surface area contributed by atoms with E-state index >= 15 is 0 Å². The van der Waals surface area contributed by atoms with Gasteiger partial charge in [-0.15, -0.1) is 0 Å². The summed E-state index contributed by atoms with van der Waals surface area (Å²) in [6.07, 6.45) is 5.06. The van der Waals surface area contributed by atoms with Crippen molar-refractivity contribution >= 4 is 50.2 Å². The van der Waals surface area contributed by atoms with Crippen LogP contribution in [0.5, 0.6) is 0 Å². The van der Waals surface area contributed by atoms with E-state index < -0.39 is 10.0 Å². The number of aromatic amines is 1. The fourth-order valence-electron chi connectivity index (χ4n) is 6.10. The van der Waals surface area contributed by atoms with Gasteiger partial charge in [-0.1, -0.05) is 42.5 Å². The van der Waals surface area contributed by atoms with Crippen LogP contribution in [0.25, 0.3) is 11.0 Å². The molecule has 5 aromatic rings. The molecule has 7 rings (SSSR count). The summed E-state index contributed by atoms with van der Waals surface area (Å²) in [4.78, 5) is 21.5. The number of rotatable bonds is 6. The number of anilines is 4. The molecule has 2 amide bonds. The van der Waals surface area contributed by atoms with E-state index in [2.05, 4.69) is 48.2 Å². The number of urea groups is 1. The minimum Gasteiger partial charge on any atom is -0.368 e. The number of aromatic nitrogens is 4. The summed E-state index contributed by atoms with van der Waals surface area (Å²) < 4.78 is 29.5. The van der Waals surface area contributed by atoms with Crippen LogP contribution in [0.4, 0.5) is 27.9 Å². The van der Waals surface area contributed by atoms with Crippen molar-refractivity contribution in [2.24, 2.45) is 0 Å². The van der Waals surface area contributed by atoms with Gasteiger partial charge in [0.15, 0.2) is 5.65 Å². The van der Waals surface area contributed by atoms with Crippen molar-refractivity contribution in [2.75, 3.05) is 27.2 Å². The predicted molar refractivity (Wildman–Crippen MR) is 169 cm³/mol. The number of H-pyrrole nitrogens is 1. The first-order chi connectivity index (χ1) is 21.3. The Morgan fingerprint density at radius 2 is 1.75 bits per heavy atom. The Morgan fingerprint density at radius 1 is 0.977 bits per heavy atom. The number of nitrogen functional groups attached to an aromatic ring is 1. The quantitative estimate of drug-likeness (QED) is 0.189. The molecular formula is C31H31N9O3S. The molecule has 13 heteroatoms. The number of aryl methyl sites for hydroxylation is 1. The third kappa shape index (κ3) is 5.26. The van der Waals surface area contributed by atoms with Crippen LogP contribution in [0.15, 0.2) is 83.9 Å². The number of para-hydroxylation sites is 1. The minimum absolute atomic E-state index is 0.0660. The molecule has 3 aromatic carbocycles. The van der Waals surface area contributed by atoms with Gasteiger partial charge in [0.2, 0.25) is 5.95 Å². The Hall–Kier alpha value is -5.17. The van der Waals surface area contributed by atoms with Gasteiger partial charge in [0.1, 0.15) is 5.82 Å². The molecule has 2 aliphatic rings. The lowest BCUT2D eigenvalue weighted by molar-refractivity contribution is 0.247. The van der Waals surface area contributed by atoms with Crippen LogP contribution in [-0.2, 0) is 22.9 Å². The Morgan fingerprint density at radius 3 is 2.59 bits per heavy atom. The average molecular weight is 610 g/mol. The van der Waals surface area contributed by atoms with E-state index in [4.69, 9.17) is 5.73 Å². The molecule has 2 aromatic heterocycles. The van der Waals surface area contributed by atoms with Crippen molar-refractivity contribution in [3.05, 3.63) is 95.7 Å². The van der Waals surface area contributed by atoms with Crippen molar-refractivity contribution in [3.63, 3.8) is 0 Å². The van der Waals surface area contributed by atoms with Gasteiger partial charge < -0.3 is 21.7 Å². The zero-order chi connectivity index (χ0) is 30.3. The molecule has 6 N–H and O–H groups in total. The van der Waals surface area contributed by atoms with Crippen molar-refractivity contribution in [1.82, 2.24) is 25.5 Å². The molecule has 0 spiro atoms. The topological polar surface area (TPSA) is 171 Å². The van der Waals surface area contributed by atoms with E-state index in [0.717, 1.165) is 30.4 Å². The van der Waals surface area contributed by atoms with E-state index in [1.807, 2.05) is 36.4 Å². The highest BCUT2D eigenvalue weighted by atomic mass is 32.2. The third-order valence-corrected chi connectivity index (χ3v) is 9.95. The summed E-state index contributed by atoms with van der Waals surface area (Å²) in [5.41, 5.74) is 10.8. The first-order valence-corrected chi connectivity index (χ1v) is 15.9. The molecule has 12 nitrogen and oxygen atoms in total. The largest absolute Gasteiger partial charge is 0.368 e. The highest BCUT2D eigenvalue weighted by molar-refractivity contribution is 7.92. The smallest absolute Gasteiger partial charge is 0.319 e. The molecule has 224 valence electrons. The second kappa shape index (κ2) is 11.2. The lowest BCUT2D eigenvalue weighted by Gasteiger charge is -2.35. The van der Waals surface area contributed by atoms with Crippen LogP contribution in [0.3, 0.4) is 0 Å². The summed E-state index contributed by atoms with van der Waals surface area (Å²) in [6.45, 7) is 0.161. The number of benzene rings is 3. The molecule has 1 aliphatic carbocycles. The van der Waals surface area contributed by atoms with Gasteiger partial charge >= 0.3 is 6.03 Å². The van der Waals surface area contributed by atoms with E-state index in [-0.39, 0.29) is 35.5 Å². The van der Waals surface area contributed by atoms with Crippen LogP contribution < -0.4 is 26.0 Å². The number of sulfonamides is 1. The summed E-state index contributed by atoms with van der Waals surface area (Å²) in [7, 11) is -3.95. The first-order valence-electron chi connectivity index (χ1n) is 14.4. The van der Waals surface area contributed by atoms with Crippen molar-refractivity contribution < 1.29 is 13.2 Å². The van der Waals surface area contributed by atoms with Crippen LogP contribution in [-0.4, -0.2) is 47.2 Å². The van der Waals surface area contributed by atoms with E-state index in [1.165, 1.54) is 22.0 Å².